The predicted molar refractivity (Wildman–Crippen MR) is 138 cm³/mol. The molecule has 0 aliphatic heterocycles. The van der Waals surface area contributed by atoms with Gasteiger partial charge in [-0.25, -0.2) is 4.98 Å². The average molecular weight is 545 g/mol. The Balaban J connectivity index is 1.69. The summed E-state index contributed by atoms with van der Waals surface area (Å²) in [7, 11) is 0. The summed E-state index contributed by atoms with van der Waals surface area (Å²) in [5, 5.41) is 1.60. The van der Waals surface area contributed by atoms with E-state index in [1.54, 1.807) is 0 Å². The lowest BCUT2D eigenvalue weighted by molar-refractivity contribution is 0.307. The number of aryl methyl sites for hydroxylation is 2. The third-order valence-corrected chi connectivity index (χ3v) is 6.04. The van der Waals surface area contributed by atoms with Crippen LogP contribution in [0, 0.1) is 13.8 Å². The van der Waals surface area contributed by atoms with E-state index in [1.165, 1.54) is 0 Å². The van der Waals surface area contributed by atoms with E-state index >= 15 is 0 Å². The SMILES string of the molecule is CCCOc1nc(Cc2ccc(Cl)cc2)nc2oc(-c3cc(C)c(OCCCBr)c(C)c3)nc12. The van der Waals surface area contributed by atoms with Gasteiger partial charge in [0.1, 0.15) is 11.6 Å². The van der Waals surface area contributed by atoms with Gasteiger partial charge in [-0.15, -0.1) is 0 Å². The van der Waals surface area contributed by atoms with Crippen molar-refractivity contribution in [2.45, 2.75) is 40.0 Å². The number of halogens is 2. The van der Waals surface area contributed by atoms with Gasteiger partial charge in [0.15, 0.2) is 5.52 Å². The highest BCUT2D eigenvalue weighted by Crippen LogP contribution is 2.33. The van der Waals surface area contributed by atoms with Gasteiger partial charge in [-0.3, -0.25) is 0 Å². The van der Waals surface area contributed by atoms with Crippen LogP contribution in [0.4, 0.5) is 0 Å². The molecule has 0 bridgehead atoms. The fraction of sp³-hybridized carbons (Fsp3) is 0.346. The molecule has 0 saturated heterocycles. The van der Waals surface area contributed by atoms with Crippen molar-refractivity contribution in [3.63, 3.8) is 0 Å². The normalized spacial score (nSPS) is 11.2. The number of alkyl halides is 1. The van der Waals surface area contributed by atoms with Crippen molar-refractivity contribution >= 4 is 38.8 Å². The standard InChI is InChI=1S/C26H27BrClN3O3/c1-4-11-33-25-22-26(30-21(29-25)15-18-6-8-20(28)9-7-18)34-24(31-22)19-13-16(2)23(17(3)14-19)32-12-5-10-27/h6-9,13-14H,4-5,10-12,15H2,1-3H3. The molecule has 34 heavy (non-hydrogen) atoms. The fourth-order valence-corrected chi connectivity index (χ4v) is 4.01. The minimum atomic E-state index is 0.410. The Kier molecular flexibility index (Phi) is 8.06. The van der Waals surface area contributed by atoms with Gasteiger partial charge >= 0.3 is 0 Å². The van der Waals surface area contributed by atoms with E-state index in [-0.39, 0.29) is 0 Å². The van der Waals surface area contributed by atoms with Crippen molar-refractivity contribution in [2.75, 3.05) is 18.5 Å². The lowest BCUT2D eigenvalue weighted by Gasteiger charge is -2.12. The molecule has 2 heterocycles. The summed E-state index contributed by atoms with van der Waals surface area (Å²) in [5.74, 6) is 2.42. The Morgan fingerprint density at radius 1 is 0.971 bits per heavy atom. The number of hydrogen-bond acceptors (Lipinski definition) is 6. The smallest absolute Gasteiger partial charge is 0.254 e. The molecule has 0 atom stereocenters. The average Bonchev–Trinajstić information content (AvgIpc) is 3.25. The Hall–Kier alpha value is -2.64. The van der Waals surface area contributed by atoms with Crippen LogP contribution in [0.15, 0.2) is 40.8 Å². The zero-order valence-electron chi connectivity index (χ0n) is 19.5. The van der Waals surface area contributed by atoms with Crippen LogP contribution >= 0.6 is 27.5 Å². The van der Waals surface area contributed by atoms with Crippen LogP contribution in [0.2, 0.25) is 5.02 Å². The van der Waals surface area contributed by atoms with Gasteiger partial charge in [0.25, 0.3) is 5.71 Å². The number of fused-ring (bicyclic) bond motifs is 1. The molecule has 0 saturated carbocycles. The maximum Gasteiger partial charge on any atom is 0.254 e. The summed E-state index contributed by atoms with van der Waals surface area (Å²) in [6, 6.07) is 11.7. The van der Waals surface area contributed by atoms with Crippen LogP contribution in [0.5, 0.6) is 11.6 Å². The first-order valence-electron chi connectivity index (χ1n) is 11.3. The zero-order valence-corrected chi connectivity index (χ0v) is 21.9. The van der Waals surface area contributed by atoms with Gasteiger partial charge < -0.3 is 13.9 Å². The Morgan fingerprint density at radius 2 is 1.71 bits per heavy atom. The quantitative estimate of drug-likeness (QED) is 0.157. The lowest BCUT2D eigenvalue weighted by atomic mass is 10.1. The Morgan fingerprint density at radius 3 is 2.38 bits per heavy atom. The topological polar surface area (TPSA) is 70.3 Å². The van der Waals surface area contributed by atoms with Crippen LogP contribution in [-0.2, 0) is 6.42 Å². The van der Waals surface area contributed by atoms with Gasteiger partial charge in [0.05, 0.1) is 13.2 Å². The minimum Gasteiger partial charge on any atom is -0.493 e. The van der Waals surface area contributed by atoms with E-state index in [0.29, 0.717) is 53.5 Å². The van der Waals surface area contributed by atoms with Gasteiger partial charge in [0, 0.05) is 22.3 Å². The first-order chi connectivity index (χ1) is 16.5. The van der Waals surface area contributed by atoms with Crippen LogP contribution in [0.3, 0.4) is 0 Å². The molecule has 0 fully saturated rings. The number of rotatable bonds is 10. The van der Waals surface area contributed by atoms with Crippen molar-refractivity contribution in [1.29, 1.82) is 0 Å². The summed E-state index contributed by atoms with van der Waals surface area (Å²) >= 11 is 9.45. The first kappa shape index (κ1) is 24.5. The van der Waals surface area contributed by atoms with Gasteiger partial charge in [-0.1, -0.05) is 46.6 Å². The van der Waals surface area contributed by atoms with Crippen molar-refractivity contribution in [3.05, 3.63) is 63.9 Å². The Labute approximate surface area is 212 Å². The van der Waals surface area contributed by atoms with E-state index in [0.717, 1.165) is 46.2 Å². The number of hydrogen-bond donors (Lipinski definition) is 0. The molecule has 0 radical (unpaired) electrons. The van der Waals surface area contributed by atoms with E-state index < -0.39 is 0 Å². The molecule has 178 valence electrons. The highest BCUT2D eigenvalue weighted by atomic mass is 79.9. The highest BCUT2D eigenvalue weighted by Gasteiger charge is 2.19. The first-order valence-corrected chi connectivity index (χ1v) is 12.8. The van der Waals surface area contributed by atoms with Gasteiger partial charge in [0.2, 0.25) is 11.8 Å². The molecule has 0 aliphatic rings. The molecule has 6 nitrogen and oxygen atoms in total. The van der Waals surface area contributed by atoms with E-state index in [4.69, 9.17) is 30.5 Å². The number of benzene rings is 2. The largest absolute Gasteiger partial charge is 0.493 e. The second-order valence-electron chi connectivity index (χ2n) is 8.10. The second kappa shape index (κ2) is 11.2. The van der Waals surface area contributed by atoms with Crippen molar-refractivity contribution in [1.82, 2.24) is 15.0 Å². The molecule has 4 rings (SSSR count). The molecule has 2 aromatic carbocycles. The van der Waals surface area contributed by atoms with E-state index in [1.807, 2.05) is 57.2 Å². The molecule has 0 aliphatic carbocycles. The summed E-state index contributed by atoms with van der Waals surface area (Å²) in [4.78, 5) is 14.0. The Bertz CT molecular complexity index is 1250. The van der Waals surface area contributed by atoms with Gasteiger partial charge in [-0.05, 0) is 67.6 Å². The van der Waals surface area contributed by atoms with Crippen LogP contribution < -0.4 is 9.47 Å². The molecule has 0 N–H and O–H groups in total. The van der Waals surface area contributed by atoms with Crippen LogP contribution in [-0.4, -0.2) is 33.5 Å². The van der Waals surface area contributed by atoms with Crippen molar-refractivity contribution < 1.29 is 13.9 Å². The van der Waals surface area contributed by atoms with Crippen LogP contribution in [0.1, 0.15) is 42.3 Å². The number of ether oxygens (including phenoxy) is 2. The van der Waals surface area contributed by atoms with Gasteiger partial charge in [-0.2, -0.15) is 9.97 Å². The number of aromatic nitrogens is 3. The molecule has 8 heteroatoms. The van der Waals surface area contributed by atoms with Crippen molar-refractivity contribution in [2.24, 2.45) is 0 Å². The summed E-state index contributed by atoms with van der Waals surface area (Å²) in [6.45, 7) is 7.31. The fourth-order valence-electron chi connectivity index (χ4n) is 3.66. The lowest BCUT2D eigenvalue weighted by Crippen LogP contribution is -2.03. The monoisotopic (exact) mass is 543 g/mol. The minimum absolute atomic E-state index is 0.410. The molecular formula is C26H27BrClN3O3. The molecule has 0 amide bonds. The number of nitrogens with zero attached hydrogens (tertiary/aromatic N) is 3. The second-order valence-corrected chi connectivity index (χ2v) is 9.33. The predicted octanol–water partition coefficient (Wildman–Crippen LogP) is 7.10. The highest BCUT2D eigenvalue weighted by molar-refractivity contribution is 9.09. The summed E-state index contributed by atoms with van der Waals surface area (Å²) in [5.41, 5.74) is 4.91. The molecular weight excluding hydrogens is 518 g/mol. The zero-order chi connectivity index (χ0) is 24.1. The molecule has 4 aromatic rings. The summed E-state index contributed by atoms with van der Waals surface area (Å²) < 4.78 is 18.0. The number of oxazole rings is 1. The third kappa shape index (κ3) is 5.70. The summed E-state index contributed by atoms with van der Waals surface area (Å²) in [6.07, 6.45) is 2.34. The third-order valence-electron chi connectivity index (χ3n) is 5.22. The maximum absolute atomic E-state index is 6.11. The molecule has 0 unspecified atom stereocenters. The van der Waals surface area contributed by atoms with E-state index in [2.05, 4.69) is 25.9 Å². The maximum atomic E-state index is 6.11. The molecule has 2 aromatic heterocycles. The van der Waals surface area contributed by atoms with Crippen molar-refractivity contribution in [3.8, 4) is 23.1 Å². The van der Waals surface area contributed by atoms with E-state index in [9.17, 15) is 0 Å². The molecule has 0 spiro atoms. The van der Waals surface area contributed by atoms with Crippen LogP contribution in [0.25, 0.3) is 22.7 Å².